The number of carbonyl (C=O) groups excluding carboxylic acids is 1. The molecule has 1 atom stereocenters. The zero-order valence-electron chi connectivity index (χ0n) is 17.5. The topological polar surface area (TPSA) is 60.0 Å². The number of nitrogens with zero attached hydrogens (tertiary/aromatic N) is 1. The Balaban J connectivity index is 1.85. The van der Waals surface area contributed by atoms with Crippen molar-refractivity contribution >= 4 is 33.2 Å². The van der Waals surface area contributed by atoms with Crippen molar-refractivity contribution < 1.29 is 19.0 Å². The Bertz CT molecular complexity index is 1120. The highest BCUT2D eigenvalue weighted by Gasteiger charge is 2.35. The van der Waals surface area contributed by atoms with E-state index in [2.05, 4.69) is 21.2 Å². The van der Waals surface area contributed by atoms with Crippen LogP contribution in [-0.2, 0) is 0 Å². The van der Waals surface area contributed by atoms with Crippen LogP contribution in [0.5, 0.6) is 17.2 Å². The molecular weight excluding hydrogens is 460 g/mol. The van der Waals surface area contributed by atoms with Crippen LogP contribution in [0, 0.1) is 0 Å². The number of ether oxygens (including phenoxy) is 3. The number of hydrogen-bond acceptors (Lipinski definition) is 5. The molecule has 0 radical (unpaired) electrons. The third-order valence-electron chi connectivity index (χ3n) is 5.11. The second kappa shape index (κ2) is 8.89. The van der Waals surface area contributed by atoms with Gasteiger partial charge in [-0.2, -0.15) is 0 Å². The third-order valence-corrected chi connectivity index (χ3v) is 5.60. The maximum Gasteiger partial charge on any atom is 0.262 e. The minimum Gasteiger partial charge on any atom is -0.494 e. The Morgan fingerprint density at radius 1 is 1.00 bits per heavy atom. The van der Waals surface area contributed by atoms with Crippen molar-refractivity contribution in [2.24, 2.45) is 0 Å². The molecule has 0 bridgehead atoms. The first-order chi connectivity index (χ1) is 15.0. The molecule has 3 aromatic rings. The molecule has 6 nitrogen and oxygen atoms in total. The lowest BCUT2D eigenvalue weighted by molar-refractivity contribution is 0.0974. The van der Waals surface area contributed by atoms with Crippen molar-refractivity contribution in [2.75, 3.05) is 31.0 Å². The second-order valence-corrected chi connectivity index (χ2v) is 7.87. The van der Waals surface area contributed by atoms with E-state index >= 15 is 0 Å². The molecule has 0 saturated carbocycles. The van der Waals surface area contributed by atoms with Gasteiger partial charge in [0.2, 0.25) is 0 Å². The molecule has 0 aliphatic carbocycles. The fourth-order valence-corrected chi connectivity index (χ4v) is 4.05. The fraction of sp³-hybridized carbons (Fsp3) is 0.208. The molecule has 3 aromatic carbocycles. The maximum atomic E-state index is 13.7. The molecule has 0 unspecified atom stereocenters. The lowest BCUT2D eigenvalue weighted by Gasteiger charge is -2.38. The number of anilines is 2. The molecule has 0 aromatic heterocycles. The van der Waals surface area contributed by atoms with Gasteiger partial charge in [0.25, 0.3) is 5.91 Å². The molecule has 4 rings (SSSR count). The number of methoxy groups -OCH3 is 2. The Labute approximate surface area is 189 Å². The SMILES string of the molecule is CCOc1cccc(N2C(=O)c3cc(Br)ccc3N[C@@H]2c2ccc(OC)c(OC)c2)c1. The summed E-state index contributed by atoms with van der Waals surface area (Å²) in [5.74, 6) is 1.82. The predicted molar refractivity (Wildman–Crippen MR) is 124 cm³/mol. The van der Waals surface area contributed by atoms with Gasteiger partial charge in [0.1, 0.15) is 11.9 Å². The van der Waals surface area contributed by atoms with Crippen LogP contribution in [0.15, 0.2) is 65.1 Å². The molecule has 1 heterocycles. The van der Waals surface area contributed by atoms with Gasteiger partial charge in [0, 0.05) is 16.2 Å². The summed E-state index contributed by atoms with van der Waals surface area (Å²) in [4.78, 5) is 15.4. The molecule has 1 aliphatic heterocycles. The highest BCUT2D eigenvalue weighted by atomic mass is 79.9. The van der Waals surface area contributed by atoms with Crippen LogP contribution in [0.4, 0.5) is 11.4 Å². The number of halogens is 1. The molecule has 31 heavy (non-hydrogen) atoms. The summed E-state index contributed by atoms with van der Waals surface area (Å²) in [6, 6.07) is 18.8. The van der Waals surface area contributed by atoms with Crippen LogP contribution in [0.3, 0.4) is 0 Å². The zero-order chi connectivity index (χ0) is 22.0. The first kappa shape index (κ1) is 21.1. The summed E-state index contributed by atoms with van der Waals surface area (Å²) in [6.45, 7) is 2.48. The summed E-state index contributed by atoms with van der Waals surface area (Å²) in [6.07, 6.45) is -0.446. The summed E-state index contributed by atoms with van der Waals surface area (Å²) in [7, 11) is 3.19. The Kier molecular flexibility index (Phi) is 6.04. The number of fused-ring (bicyclic) bond motifs is 1. The van der Waals surface area contributed by atoms with E-state index in [1.165, 1.54) is 0 Å². The first-order valence-corrected chi connectivity index (χ1v) is 10.7. The van der Waals surface area contributed by atoms with Crippen molar-refractivity contribution in [3.05, 3.63) is 76.3 Å². The van der Waals surface area contributed by atoms with Crippen molar-refractivity contribution in [3.8, 4) is 17.2 Å². The average molecular weight is 483 g/mol. The predicted octanol–water partition coefficient (Wildman–Crippen LogP) is 5.64. The van der Waals surface area contributed by atoms with E-state index in [0.29, 0.717) is 29.4 Å². The van der Waals surface area contributed by atoms with Crippen LogP contribution in [0.1, 0.15) is 29.0 Å². The van der Waals surface area contributed by atoms with E-state index < -0.39 is 6.17 Å². The van der Waals surface area contributed by atoms with Crippen LogP contribution >= 0.6 is 15.9 Å². The molecular formula is C24H23BrN2O4. The summed E-state index contributed by atoms with van der Waals surface area (Å²) >= 11 is 3.47. The smallest absolute Gasteiger partial charge is 0.262 e. The van der Waals surface area contributed by atoms with Gasteiger partial charge in [-0.05, 0) is 55.0 Å². The van der Waals surface area contributed by atoms with E-state index in [-0.39, 0.29) is 5.91 Å². The molecule has 7 heteroatoms. The fourth-order valence-electron chi connectivity index (χ4n) is 3.69. The average Bonchev–Trinajstić information content (AvgIpc) is 2.79. The van der Waals surface area contributed by atoms with Crippen LogP contribution in [0.2, 0.25) is 0 Å². The molecule has 1 N–H and O–H groups in total. The normalized spacial score (nSPS) is 15.2. The molecule has 0 fully saturated rings. The van der Waals surface area contributed by atoms with Crippen LogP contribution in [0.25, 0.3) is 0 Å². The molecule has 1 aliphatic rings. The standard InChI is InChI=1S/C24H23BrN2O4/c1-4-31-18-7-5-6-17(14-18)27-23(15-8-11-21(29-2)22(12-15)30-3)26-20-10-9-16(25)13-19(20)24(27)28/h5-14,23,26H,4H2,1-3H3/t23-/m0/s1. The van der Waals surface area contributed by atoms with Gasteiger partial charge in [-0.3, -0.25) is 9.69 Å². The van der Waals surface area contributed by atoms with E-state index in [0.717, 1.165) is 21.4 Å². The van der Waals surface area contributed by atoms with Crippen LogP contribution < -0.4 is 24.4 Å². The Hall–Kier alpha value is -3.19. The van der Waals surface area contributed by atoms with Gasteiger partial charge in [-0.1, -0.05) is 28.1 Å². The lowest BCUT2D eigenvalue weighted by atomic mass is 10.0. The molecule has 0 spiro atoms. The summed E-state index contributed by atoms with van der Waals surface area (Å²) in [5, 5.41) is 3.51. The Morgan fingerprint density at radius 2 is 1.81 bits per heavy atom. The molecule has 0 saturated heterocycles. The zero-order valence-corrected chi connectivity index (χ0v) is 19.1. The van der Waals surface area contributed by atoms with Crippen molar-refractivity contribution in [1.82, 2.24) is 0 Å². The lowest BCUT2D eigenvalue weighted by Crippen LogP contribution is -2.43. The minimum absolute atomic E-state index is 0.108. The number of benzene rings is 3. The highest BCUT2D eigenvalue weighted by molar-refractivity contribution is 9.10. The maximum absolute atomic E-state index is 13.7. The summed E-state index contributed by atoms with van der Waals surface area (Å²) in [5.41, 5.74) is 2.95. The molecule has 1 amide bonds. The van der Waals surface area contributed by atoms with Crippen LogP contribution in [-0.4, -0.2) is 26.7 Å². The number of rotatable bonds is 6. The minimum atomic E-state index is -0.446. The van der Waals surface area contributed by atoms with E-state index in [1.807, 2.05) is 67.6 Å². The van der Waals surface area contributed by atoms with E-state index in [1.54, 1.807) is 19.1 Å². The van der Waals surface area contributed by atoms with Gasteiger partial charge in [-0.15, -0.1) is 0 Å². The quantitative estimate of drug-likeness (QED) is 0.492. The largest absolute Gasteiger partial charge is 0.494 e. The number of hydrogen-bond donors (Lipinski definition) is 1. The van der Waals surface area contributed by atoms with Gasteiger partial charge in [0.15, 0.2) is 11.5 Å². The van der Waals surface area contributed by atoms with Crippen molar-refractivity contribution in [3.63, 3.8) is 0 Å². The number of nitrogens with one attached hydrogen (secondary N) is 1. The van der Waals surface area contributed by atoms with Gasteiger partial charge in [0.05, 0.1) is 32.1 Å². The number of carbonyl (C=O) groups is 1. The highest BCUT2D eigenvalue weighted by Crippen LogP contribution is 2.40. The van der Waals surface area contributed by atoms with Crippen molar-refractivity contribution in [2.45, 2.75) is 13.1 Å². The van der Waals surface area contributed by atoms with E-state index in [9.17, 15) is 4.79 Å². The van der Waals surface area contributed by atoms with E-state index in [4.69, 9.17) is 14.2 Å². The summed E-state index contributed by atoms with van der Waals surface area (Å²) < 4.78 is 17.4. The molecule has 160 valence electrons. The third kappa shape index (κ3) is 4.05. The monoisotopic (exact) mass is 482 g/mol. The van der Waals surface area contributed by atoms with Crippen molar-refractivity contribution in [1.29, 1.82) is 0 Å². The Morgan fingerprint density at radius 3 is 2.55 bits per heavy atom. The first-order valence-electron chi connectivity index (χ1n) is 9.90. The number of amides is 1. The van der Waals surface area contributed by atoms with Gasteiger partial charge in [-0.25, -0.2) is 0 Å². The van der Waals surface area contributed by atoms with Gasteiger partial charge < -0.3 is 19.5 Å². The van der Waals surface area contributed by atoms with Gasteiger partial charge >= 0.3 is 0 Å². The second-order valence-electron chi connectivity index (χ2n) is 6.96.